The molecule has 2 fully saturated rings. The number of H-pyrrole nitrogens is 1. The summed E-state index contributed by atoms with van der Waals surface area (Å²) in [6, 6.07) is -2.08. The molecule has 27 nitrogen and oxygen atoms in total. The Hall–Kier alpha value is -3.20. The fraction of sp³-hybridized carbons (Fsp3) is 0.438. The monoisotopic (exact) mass is 797 g/mol. The topological polar surface area (TPSA) is 380 Å². The number of imidazole rings is 1. The Morgan fingerprint density at radius 2 is 1.60 bits per heavy atom. The molecule has 0 saturated carbocycles. The van der Waals surface area contributed by atoms with E-state index in [1.54, 1.807) is 0 Å². The summed E-state index contributed by atoms with van der Waals surface area (Å²) >= 11 is 3.08. The summed E-state index contributed by atoms with van der Waals surface area (Å²) in [4.78, 5) is 91.4. The molecule has 5 rings (SSSR count). The van der Waals surface area contributed by atoms with Crippen LogP contribution >= 0.6 is 39.4 Å². The van der Waals surface area contributed by atoms with Crippen LogP contribution < -0.4 is 5.56 Å². The maximum Gasteiger partial charge on any atom is 0.490 e. The molecule has 47 heavy (non-hydrogen) atoms. The van der Waals surface area contributed by atoms with E-state index in [0.717, 1.165) is 10.9 Å². The van der Waals surface area contributed by atoms with Crippen LogP contribution in [0.1, 0.15) is 6.23 Å². The zero-order valence-electron chi connectivity index (χ0n) is 22.0. The molecule has 5 N–H and O–H groups in total. The highest BCUT2D eigenvalue weighted by Crippen LogP contribution is 2.66. The van der Waals surface area contributed by atoms with E-state index in [9.17, 15) is 58.6 Å². The molecule has 0 aromatic carbocycles. The number of halogens is 1. The molecule has 4 heterocycles. The Kier molecular flexibility index (Phi) is 9.00. The molecular weight excluding hydrogens is 783 g/mol. The van der Waals surface area contributed by atoms with Crippen molar-refractivity contribution in [2.75, 3.05) is 6.61 Å². The Morgan fingerprint density at radius 3 is 2.15 bits per heavy atom. The quantitative estimate of drug-likeness (QED) is 0.0834. The van der Waals surface area contributed by atoms with Crippen LogP contribution in [-0.2, 0) is 41.1 Å². The number of hydrogen-bond acceptors (Lipinski definition) is 18. The van der Waals surface area contributed by atoms with Crippen molar-refractivity contribution in [1.82, 2.24) is 19.5 Å². The molecule has 0 amide bonds. The molecule has 1 aliphatic carbocycles. The molecule has 2 unspecified atom stereocenters. The number of aromatic nitrogens is 4. The van der Waals surface area contributed by atoms with Gasteiger partial charge >= 0.3 is 40.6 Å². The molecule has 6 atom stereocenters. The van der Waals surface area contributed by atoms with Gasteiger partial charge in [-0.15, -0.1) is 0 Å². The van der Waals surface area contributed by atoms with Gasteiger partial charge in [0.15, 0.2) is 22.1 Å². The van der Waals surface area contributed by atoms with Gasteiger partial charge in [0.05, 0.1) is 34.9 Å². The number of fused-ring (bicyclic) bond motifs is 2. The van der Waals surface area contributed by atoms with Gasteiger partial charge < -0.3 is 38.8 Å². The van der Waals surface area contributed by atoms with E-state index in [2.05, 4.69) is 44.0 Å². The average Bonchev–Trinajstić information content (AvgIpc) is 3.55. The van der Waals surface area contributed by atoms with Crippen LogP contribution in [0.25, 0.3) is 11.2 Å². The van der Waals surface area contributed by atoms with E-state index in [-0.39, 0.29) is 15.9 Å². The van der Waals surface area contributed by atoms with E-state index in [1.807, 2.05) is 0 Å². The highest BCUT2D eigenvalue weighted by Gasteiger charge is 2.71. The highest BCUT2D eigenvalue weighted by atomic mass is 79.9. The predicted molar refractivity (Wildman–Crippen MR) is 143 cm³/mol. The van der Waals surface area contributed by atoms with Crippen LogP contribution in [0.3, 0.4) is 0 Å². The summed E-state index contributed by atoms with van der Waals surface area (Å²) in [6.45, 7) is -1.24. The Balaban J connectivity index is 1.56. The number of nitro groups is 3. The number of phosphoric ester groups is 1. The van der Waals surface area contributed by atoms with Crippen LogP contribution in [0.4, 0.5) is 0 Å². The summed E-state index contributed by atoms with van der Waals surface area (Å²) in [7, 11) is -17.5. The molecule has 0 radical (unpaired) electrons. The maximum atomic E-state index is 12.4. The van der Waals surface area contributed by atoms with Crippen molar-refractivity contribution in [1.29, 1.82) is 0 Å². The lowest BCUT2D eigenvalue weighted by molar-refractivity contribution is -0.522. The van der Waals surface area contributed by atoms with Gasteiger partial charge in [-0.25, -0.2) is 23.7 Å². The van der Waals surface area contributed by atoms with Gasteiger partial charge in [0.2, 0.25) is 0 Å². The van der Waals surface area contributed by atoms with Crippen molar-refractivity contribution in [2.24, 2.45) is 0 Å². The average molecular weight is 798 g/mol. The fourth-order valence-electron chi connectivity index (χ4n) is 4.77. The minimum atomic E-state index is -5.97. The van der Waals surface area contributed by atoms with Crippen molar-refractivity contribution in [3.8, 4) is 0 Å². The van der Waals surface area contributed by atoms with E-state index < -0.39 is 98.2 Å². The number of nitrogens with zero attached hydrogens (tertiary/aromatic N) is 6. The van der Waals surface area contributed by atoms with E-state index in [1.165, 1.54) is 0 Å². The molecule has 2 saturated heterocycles. The first-order chi connectivity index (χ1) is 21.6. The smallest absolute Gasteiger partial charge is 0.347 e. The highest BCUT2D eigenvalue weighted by molar-refractivity contribution is 9.10. The number of nitrogens with one attached hydrogen (secondary N) is 1. The second kappa shape index (κ2) is 12.0. The maximum absolute atomic E-state index is 12.4. The molecule has 2 aromatic rings. The second-order valence-electron chi connectivity index (χ2n) is 9.28. The van der Waals surface area contributed by atoms with Crippen LogP contribution in [0.5, 0.6) is 0 Å². The van der Waals surface area contributed by atoms with Crippen molar-refractivity contribution >= 4 is 50.6 Å². The summed E-state index contributed by atoms with van der Waals surface area (Å²) < 4.78 is 65.0. The first kappa shape index (κ1) is 35.1. The molecule has 31 heteroatoms. The predicted octanol–water partition coefficient (Wildman–Crippen LogP) is -0.417. The number of phosphoric acid groups is 3. The molecule has 256 valence electrons. The van der Waals surface area contributed by atoms with Gasteiger partial charge in [0.25, 0.3) is 11.6 Å². The minimum Gasteiger partial charge on any atom is -0.347 e. The first-order valence-electron chi connectivity index (χ1n) is 11.9. The van der Waals surface area contributed by atoms with Crippen molar-refractivity contribution in [3.05, 3.63) is 75.3 Å². The SMILES string of the molecule is O=c1[nH]cnc2c1nc(Br)n2[C@@H]1O[C@H](COP(=O)(O)OP(=O)(O)OP(=O)(O)O)[C@H]2OC3(O[C@H]21)C([N+](=O)[O-])=CC([N+](=O)[O-])C=C3[N+](=O)[O-]. The molecule has 1 spiro atoms. The number of aromatic amines is 1. The van der Waals surface area contributed by atoms with Gasteiger partial charge in [-0.05, 0) is 15.9 Å². The van der Waals surface area contributed by atoms with E-state index in [0.29, 0.717) is 12.2 Å². The third-order valence-electron chi connectivity index (χ3n) is 6.37. The molecule has 2 aromatic heterocycles. The van der Waals surface area contributed by atoms with Crippen molar-refractivity contribution in [2.45, 2.75) is 36.4 Å². The summed E-state index contributed by atoms with van der Waals surface area (Å²) in [5, 5.41) is 35.6. The lowest BCUT2D eigenvalue weighted by atomic mass is 9.99. The molecule has 0 bridgehead atoms. The van der Waals surface area contributed by atoms with Crippen molar-refractivity contribution in [3.63, 3.8) is 0 Å². The van der Waals surface area contributed by atoms with Gasteiger partial charge in [-0.1, -0.05) is 0 Å². The first-order valence-corrected chi connectivity index (χ1v) is 17.2. The Morgan fingerprint density at radius 1 is 1.00 bits per heavy atom. The van der Waals surface area contributed by atoms with E-state index >= 15 is 0 Å². The second-order valence-corrected chi connectivity index (χ2v) is 14.4. The largest absolute Gasteiger partial charge is 0.490 e. The third-order valence-corrected chi connectivity index (χ3v) is 10.7. The fourth-order valence-corrected chi connectivity index (χ4v) is 8.34. The summed E-state index contributed by atoms with van der Waals surface area (Å²) in [5.74, 6) is -3.08. The number of ether oxygens (including phenoxy) is 3. The lowest BCUT2D eigenvalue weighted by Gasteiger charge is -2.28. The third kappa shape index (κ3) is 6.74. The van der Waals surface area contributed by atoms with Gasteiger partial charge in [0.1, 0.15) is 18.3 Å². The Labute approximate surface area is 263 Å². The summed E-state index contributed by atoms with van der Waals surface area (Å²) in [5.41, 5.74) is -3.90. The lowest BCUT2D eigenvalue weighted by Crippen LogP contribution is -2.47. The van der Waals surface area contributed by atoms with Gasteiger partial charge in [-0.2, -0.15) is 8.62 Å². The van der Waals surface area contributed by atoms with Crippen LogP contribution in [0, 0.1) is 30.3 Å². The normalized spacial score (nSPS) is 29.9. The van der Waals surface area contributed by atoms with Gasteiger partial charge in [0, 0.05) is 4.92 Å². The summed E-state index contributed by atoms with van der Waals surface area (Å²) in [6.07, 6.45) is -5.24. The van der Waals surface area contributed by atoms with Gasteiger partial charge in [-0.3, -0.25) is 44.2 Å². The molecule has 2 aliphatic heterocycles. The Bertz CT molecular complexity index is 1920. The van der Waals surface area contributed by atoms with Crippen molar-refractivity contribution < 1.29 is 75.4 Å². The van der Waals surface area contributed by atoms with E-state index in [4.69, 9.17) is 24.0 Å². The standard InChI is InChI=1S/C16H15BrN7O20P3/c17-15-20-9-12(18-4-19-13(9)25)21(15)14-11-10(6(40-14)3-39-46(35,36)44-47(37,38)43-45(32,33)34)41-16(42-11)7(23(28)29)1-5(22(26)27)2-8(16)24(30)31/h1-2,4-6,10-11,14H,3H2,(H,35,36)(H,37,38)(H,18,19,25)(H2,32,33,34)/t5?,6-,10-,11-,14-,16?/m1/s1. The molecule has 3 aliphatic rings. The minimum absolute atomic E-state index is 0.203. The zero-order valence-corrected chi connectivity index (χ0v) is 26.3. The number of hydrogen-bond donors (Lipinski definition) is 5. The van der Waals surface area contributed by atoms with Crippen LogP contribution in [0.15, 0.2) is 39.4 Å². The zero-order chi connectivity index (χ0) is 34.9. The van der Waals surface area contributed by atoms with Crippen LogP contribution in [0.2, 0.25) is 0 Å². The van der Waals surface area contributed by atoms with Crippen LogP contribution in [-0.4, -0.2) is 90.6 Å². The number of rotatable bonds is 11. The molecular formula is C16H15BrN7O20P3.